The Kier molecular flexibility index (Phi) is 5.99. The Hall–Kier alpha value is -3.30. The van der Waals surface area contributed by atoms with Crippen molar-refractivity contribution >= 4 is 23.4 Å². The molecule has 7 nitrogen and oxygen atoms in total. The van der Waals surface area contributed by atoms with Crippen LogP contribution < -0.4 is 10.6 Å². The van der Waals surface area contributed by atoms with E-state index in [-0.39, 0.29) is 18.8 Å². The van der Waals surface area contributed by atoms with Crippen molar-refractivity contribution in [3.05, 3.63) is 64.1 Å². The Labute approximate surface area is 145 Å². The molecule has 0 bridgehead atoms. The number of halogens is 3. The summed E-state index contributed by atoms with van der Waals surface area (Å²) in [6, 6.07) is 5.53. The van der Waals surface area contributed by atoms with E-state index in [4.69, 9.17) is 4.42 Å². The fourth-order valence-electron chi connectivity index (χ4n) is 1.99. The van der Waals surface area contributed by atoms with Crippen molar-refractivity contribution in [2.24, 2.45) is 0 Å². The molecule has 0 atom stereocenters. The van der Waals surface area contributed by atoms with Gasteiger partial charge in [-0.1, -0.05) is 0 Å². The fraction of sp³-hybridized carbons (Fsp3) is 0.188. The number of carbonyl (C=O) groups excluding carboxylic acids is 1. The predicted molar refractivity (Wildman–Crippen MR) is 87.3 cm³/mol. The molecule has 0 aliphatic heterocycles. The molecule has 0 fully saturated rings. The van der Waals surface area contributed by atoms with Crippen LogP contribution in [0.2, 0.25) is 0 Å². The van der Waals surface area contributed by atoms with Crippen LogP contribution in [0.3, 0.4) is 0 Å². The van der Waals surface area contributed by atoms with Gasteiger partial charge >= 0.3 is 6.18 Å². The van der Waals surface area contributed by atoms with Crippen LogP contribution in [-0.2, 0) is 11.0 Å². The first-order valence-corrected chi connectivity index (χ1v) is 7.36. The second kappa shape index (κ2) is 8.19. The van der Waals surface area contributed by atoms with Crippen molar-refractivity contribution in [2.75, 3.05) is 18.4 Å². The monoisotopic (exact) mass is 369 g/mol. The zero-order valence-electron chi connectivity index (χ0n) is 13.2. The quantitative estimate of drug-likeness (QED) is 0.337. The van der Waals surface area contributed by atoms with E-state index < -0.39 is 28.3 Å². The second-order valence-electron chi connectivity index (χ2n) is 5.05. The van der Waals surface area contributed by atoms with Gasteiger partial charge in [-0.05, 0) is 30.3 Å². The topological polar surface area (TPSA) is 97.4 Å². The molecule has 2 N–H and O–H groups in total. The van der Waals surface area contributed by atoms with E-state index in [1.165, 1.54) is 18.4 Å². The first-order valence-electron chi connectivity index (χ1n) is 7.36. The lowest BCUT2D eigenvalue weighted by Gasteiger charge is -2.10. The highest BCUT2D eigenvalue weighted by Gasteiger charge is 2.32. The number of benzene rings is 1. The van der Waals surface area contributed by atoms with Gasteiger partial charge in [0, 0.05) is 25.2 Å². The van der Waals surface area contributed by atoms with Crippen molar-refractivity contribution in [3.8, 4) is 0 Å². The number of hydrogen-bond acceptors (Lipinski definition) is 5. The van der Waals surface area contributed by atoms with Crippen molar-refractivity contribution in [1.82, 2.24) is 5.32 Å². The molecule has 1 aromatic carbocycles. The Morgan fingerprint density at radius 3 is 2.65 bits per heavy atom. The van der Waals surface area contributed by atoms with Gasteiger partial charge in [0.15, 0.2) is 0 Å². The Bertz CT molecular complexity index is 802. The molecule has 138 valence electrons. The van der Waals surface area contributed by atoms with Crippen molar-refractivity contribution in [1.29, 1.82) is 0 Å². The van der Waals surface area contributed by atoms with Crippen molar-refractivity contribution in [3.63, 3.8) is 0 Å². The van der Waals surface area contributed by atoms with Gasteiger partial charge in [-0.3, -0.25) is 14.9 Å². The average molecular weight is 369 g/mol. The lowest BCUT2D eigenvalue weighted by Crippen LogP contribution is -2.27. The number of rotatable bonds is 7. The summed E-state index contributed by atoms with van der Waals surface area (Å²) < 4.78 is 42.9. The second-order valence-corrected chi connectivity index (χ2v) is 5.05. The maximum atomic E-state index is 12.6. The van der Waals surface area contributed by atoms with Crippen LogP contribution in [0.15, 0.2) is 47.1 Å². The molecule has 0 unspecified atom stereocenters. The van der Waals surface area contributed by atoms with Crippen LogP contribution in [0, 0.1) is 10.1 Å². The molecular weight excluding hydrogens is 355 g/mol. The Morgan fingerprint density at radius 2 is 2.04 bits per heavy atom. The zero-order chi connectivity index (χ0) is 19.2. The molecule has 2 aromatic rings. The van der Waals surface area contributed by atoms with Gasteiger partial charge in [0.1, 0.15) is 11.4 Å². The van der Waals surface area contributed by atoms with Gasteiger partial charge in [-0.25, -0.2) is 0 Å². The summed E-state index contributed by atoms with van der Waals surface area (Å²) >= 11 is 0. The van der Waals surface area contributed by atoms with Gasteiger partial charge < -0.3 is 15.1 Å². The largest absolute Gasteiger partial charge is 0.465 e. The van der Waals surface area contributed by atoms with Gasteiger partial charge in [-0.2, -0.15) is 13.2 Å². The minimum Gasteiger partial charge on any atom is -0.465 e. The highest BCUT2D eigenvalue weighted by molar-refractivity contribution is 5.91. The van der Waals surface area contributed by atoms with Crippen LogP contribution in [0.4, 0.5) is 24.5 Å². The van der Waals surface area contributed by atoms with Gasteiger partial charge in [0.05, 0.1) is 16.7 Å². The summed E-state index contributed by atoms with van der Waals surface area (Å²) in [5, 5.41) is 16.1. The number of nitro groups is 1. The van der Waals surface area contributed by atoms with Crippen LogP contribution in [-0.4, -0.2) is 23.9 Å². The summed E-state index contributed by atoms with van der Waals surface area (Å²) in [5.41, 5.74) is -1.86. The van der Waals surface area contributed by atoms with E-state index in [0.717, 1.165) is 12.1 Å². The number of nitro benzene ring substituents is 1. The zero-order valence-corrected chi connectivity index (χ0v) is 13.2. The van der Waals surface area contributed by atoms with E-state index in [2.05, 4.69) is 10.6 Å². The summed E-state index contributed by atoms with van der Waals surface area (Å²) in [4.78, 5) is 21.6. The molecule has 26 heavy (non-hydrogen) atoms. The van der Waals surface area contributed by atoms with E-state index in [0.29, 0.717) is 11.8 Å². The first-order chi connectivity index (χ1) is 12.3. The third-order valence-corrected chi connectivity index (χ3v) is 3.20. The molecule has 2 rings (SSSR count). The first kappa shape index (κ1) is 19.0. The lowest BCUT2D eigenvalue weighted by molar-refractivity contribution is -0.384. The fourth-order valence-corrected chi connectivity index (χ4v) is 1.99. The predicted octanol–water partition coefficient (Wildman–Crippen LogP) is 3.45. The standard InChI is InChI=1S/C16H14F3N3O4/c17-16(18,19)11-3-5-13(14(10-11)22(24)25)20-7-8-21-15(23)6-4-12-2-1-9-26-12/h1-6,9-10,20H,7-8H2,(H,21,23)/b6-4+. The Balaban J connectivity index is 1.89. The molecular formula is C16H14F3N3O4. The maximum Gasteiger partial charge on any atom is 0.416 e. The molecule has 0 spiro atoms. The Morgan fingerprint density at radius 1 is 1.27 bits per heavy atom. The number of amides is 1. The molecule has 0 saturated heterocycles. The van der Waals surface area contributed by atoms with Gasteiger partial charge in [0.25, 0.3) is 5.69 Å². The molecule has 10 heteroatoms. The molecule has 1 amide bonds. The maximum absolute atomic E-state index is 12.6. The van der Waals surface area contributed by atoms with Crippen molar-refractivity contribution < 1.29 is 27.3 Å². The number of hydrogen-bond donors (Lipinski definition) is 2. The SMILES string of the molecule is O=C(/C=C/c1ccco1)NCCNc1ccc(C(F)(F)F)cc1[N+](=O)[O-]. The average Bonchev–Trinajstić information content (AvgIpc) is 3.09. The third kappa shape index (κ3) is 5.36. The molecule has 1 heterocycles. The molecule has 0 aliphatic rings. The van der Waals surface area contributed by atoms with Crippen LogP contribution in [0.1, 0.15) is 11.3 Å². The smallest absolute Gasteiger partial charge is 0.416 e. The van der Waals surface area contributed by atoms with Crippen LogP contribution in [0.5, 0.6) is 0 Å². The van der Waals surface area contributed by atoms with E-state index >= 15 is 0 Å². The highest BCUT2D eigenvalue weighted by atomic mass is 19.4. The summed E-state index contributed by atoms with van der Waals surface area (Å²) in [5.74, 6) is 0.0868. The summed E-state index contributed by atoms with van der Waals surface area (Å²) in [7, 11) is 0. The molecule has 0 aliphatic carbocycles. The third-order valence-electron chi connectivity index (χ3n) is 3.20. The van der Waals surface area contributed by atoms with E-state index in [9.17, 15) is 28.1 Å². The molecule has 1 aromatic heterocycles. The van der Waals surface area contributed by atoms with Crippen molar-refractivity contribution in [2.45, 2.75) is 6.18 Å². The highest BCUT2D eigenvalue weighted by Crippen LogP contribution is 2.34. The molecule has 0 radical (unpaired) electrons. The van der Waals surface area contributed by atoms with E-state index in [1.54, 1.807) is 12.1 Å². The van der Waals surface area contributed by atoms with Gasteiger partial charge in [0.2, 0.25) is 5.91 Å². The minimum absolute atomic E-state index is 0.0663. The number of nitrogens with one attached hydrogen (secondary N) is 2. The van der Waals surface area contributed by atoms with E-state index in [1.807, 2.05) is 0 Å². The number of nitrogens with zero attached hydrogens (tertiary/aromatic N) is 1. The normalized spacial score (nSPS) is 11.5. The summed E-state index contributed by atoms with van der Waals surface area (Å²) in [6.07, 6.45) is -0.501. The summed E-state index contributed by atoms with van der Waals surface area (Å²) in [6.45, 7) is 0.200. The number of anilines is 1. The van der Waals surface area contributed by atoms with Crippen LogP contribution >= 0.6 is 0 Å². The minimum atomic E-state index is -4.67. The number of alkyl halides is 3. The lowest BCUT2D eigenvalue weighted by atomic mass is 10.1. The van der Waals surface area contributed by atoms with Gasteiger partial charge in [-0.15, -0.1) is 0 Å². The number of furan rings is 1. The van der Waals surface area contributed by atoms with Crippen LogP contribution in [0.25, 0.3) is 6.08 Å². The number of carbonyl (C=O) groups is 1. The molecule has 0 saturated carbocycles.